The van der Waals surface area contributed by atoms with E-state index >= 15 is 0 Å². The number of rotatable bonds is 7. The second-order valence-corrected chi connectivity index (χ2v) is 6.93. The van der Waals surface area contributed by atoms with Crippen LogP contribution in [-0.2, 0) is 22.6 Å². The van der Waals surface area contributed by atoms with E-state index in [0.717, 1.165) is 16.5 Å². The van der Waals surface area contributed by atoms with Gasteiger partial charge in [-0.3, -0.25) is 9.59 Å². The average molecular weight is 368 g/mol. The van der Waals surface area contributed by atoms with Gasteiger partial charge in [0.1, 0.15) is 11.3 Å². The molecule has 0 radical (unpaired) electrons. The maximum atomic E-state index is 12.2. The van der Waals surface area contributed by atoms with Gasteiger partial charge in [0.25, 0.3) is 0 Å². The second kappa shape index (κ2) is 8.12. The molecule has 2 aromatic heterocycles. The van der Waals surface area contributed by atoms with Gasteiger partial charge < -0.3 is 19.5 Å². The predicted octanol–water partition coefficient (Wildman–Crippen LogP) is 3.43. The highest BCUT2D eigenvalue weighted by Gasteiger charge is 2.14. The van der Waals surface area contributed by atoms with E-state index < -0.39 is 0 Å². The van der Waals surface area contributed by atoms with E-state index in [4.69, 9.17) is 8.83 Å². The van der Waals surface area contributed by atoms with E-state index in [0.29, 0.717) is 18.2 Å². The van der Waals surface area contributed by atoms with Crippen LogP contribution in [-0.4, -0.2) is 18.4 Å². The lowest BCUT2D eigenvalue weighted by molar-refractivity contribution is -0.125. The first-order chi connectivity index (χ1) is 12.9. The van der Waals surface area contributed by atoms with E-state index in [1.54, 1.807) is 24.7 Å². The lowest BCUT2D eigenvalue weighted by Crippen LogP contribution is -2.37. The van der Waals surface area contributed by atoms with Crippen molar-refractivity contribution in [2.75, 3.05) is 6.54 Å². The lowest BCUT2D eigenvalue weighted by Gasteiger charge is -2.10. The van der Waals surface area contributed by atoms with Crippen LogP contribution in [0, 0.1) is 6.92 Å². The van der Waals surface area contributed by atoms with Crippen molar-refractivity contribution in [1.82, 2.24) is 10.6 Å². The molecule has 2 amide bonds. The Labute approximate surface area is 157 Å². The average Bonchev–Trinajstić information content (AvgIpc) is 3.27. The monoisotopic (exact) mass is 368 g/mol. The van der Waals surface area contributed by atoms with Gasteiger partial charge in [-0.05, 0) is 48.2 Å². The Morgan fingerprint density at radius 2 is 1.93 bits per heavy atom. The highest BCUT2D eigenvalue weighted by Crippen LogP contribution is 2.29. The molecule has 3 rings (SSSR count). The third kappa shape index (κ3) is 4.58. The quantitative estimate of drug-likeness (QED) is 0.669. The molecule has 0 saturated heterocycles. The lowest BCUT2D eigenvalue weighted by atomic mass is 9.95. The second-order valence-electron chi connectivity index (χ2n) is 6.93. The van der Waals surface area contributed by atoms with Gasteiger partial charge in [0, 0.05) is 10.9 Å². The number of fused-ring (bicyclic) bond motifs is 1. The van der Waals surface area contributed by atoms with Crippen LogP contribution in [0.2, 0.25) is 0 Å². The summed E-state index contributed by atoms with van der Waals surface area (Å²) in [6, 6.07) is 7.63. The third-order valence-corrected chi connectivity index (χ3v) is 4.50. The first kappa shape index (κ1) is 18.8. The van der Waals surface area contributed by atoms with E-state index in [-0.39, 0.29) is 24.8 Å². The molecule has 0 aliphatic heterocycles. The number of carbonyl (C=O) groups excluding carboxylic acids is 2. The van der Waals surface area contributed by atoms with Crippen LogP contribution >= 0.6 is 0 Å². The summed E-state index contributed by atoms with van der Waals surface area (Å²) >= 11 is 0. The number of amides is 2. The van der Waals surface area contributed by atoms with Crippen molar-refractivity contribution in [3.63, 3.8) is 0 Å². The fourth-order valence-corrected chi connectivity index (χ4v) is 3.08. The summed E-state index contributed by atoms with van der Waals surface area (Å²) < 4.78 is 10.7. The Kier molecular flexibility index (Phi) is 5.64. The van der Waals surface area contributed by atoms with E-state index in [1.807, 2.05) is 6.07 Å². The van der Waals surface area contributed by atoms with Gasteiger partial charge in [-0.1, -0.05) is 13.8 Å². The fourth-order valence-electron chi connectivity index (χ4n) is 3.08. The summed E-state index contributed by atoms with van der Waals surface area (Å²) in [5.74, 6) is 0.562. The molecule has 0 spiro atoms. The maximum absolute atomic E-state index is 12.2. The van der Waals surface area contributed by atoms with Crippen molar-refractivity contribution in [2.45, 2.75) is 39.7 Å². The molecule has 2 N–H and O–H groups in total. The molecule has 0 aliphatic rings. The summed E-state index contributed by atoms with van der Waals surface area (Å²) in [5, 5.41) is 6.28. The zero-order valence-corrected chi connectivity index (χ0v) is 15.8. The number of carbonyl (C=O) groups is 2. The normalized spacial score (nSPS) is 11.1. The Balaban J connectivity index is 1.57. The van der Waals surface area contributed by atoms with Gasteiger partial charge in [0.05, 0.1) is 32.0 Å². The third-order valence-electron chi connectivity index (χ3n) is 4.50. The molecular weight excluding hydrogens is 344 g/mol. The zero-order valence-electron chi connectivity index (χ0n) is 15.8. The minimum Gasteiger partial charge on any atom is -0.467 e. The van der Waals surface area contributed by atoms with Crippen molar-refractivity contribution in [3.8, 4) is 0 Å². The smallest absolute Gasteiger partial charge is 0.239 e. The molecule has 0 atom stereocenters. The SMILES string of the molecule is Cc1cc2occ(CC(=O)NCC(=O)NCc3ccco3)c2cc1C(C)C. The van der Waals surface area contributed by atoms with Gasteiger partial charge in [0.15, 0.2) is 0 Å². The summed E-state index contributed by atoms with van der Waals surface area (Å²) in [6.45, 7) is 6.56. The first-order valence-electron chi connectivity index (χ1n) is 9.00. The van der Waals surface area contributed by atoms with E-state index in [1.165, 1.54) is 11.1 Å². The largest absolute Gasteiger partial charge is 0.467 e. The highest BCUT2D eigenvalue weighted by atomic mass is 16.3. The molecule has 1 aromatic carbocycles. The molecular formula is C21H24N2O4. The highest BCUT2D eigenvalue weighted by molar-refractivity contribution is 5.90. The molecule has 2 heterocycles. The van der Waals surface area contributed by atoms with Crippen LogP contribution < -0.4 is 10.6 Å². The van der Waals surface area contributed by atoms with Crippen molar-refractivity contribution in [2.24, 2.45) is 0 Å². The van der Waals surface area contributed by atoms with Crippen LogP contribution in [0.25, 0.3) is 11.0 Å². The Morgan fingerprint density at radius 1 is 1.11 bits per heavy atom. The van der Waals surface area contributed by atoms with Crippen LogP contribution in [0.1, 0.15) is 42.2 Å². The molecule has 142 valence electrons. The fraction of sp³-hybridized carbons (Fsp3) is 0.333. The number of hydrogen-bond acceptors (Lipinski definition) is 4. The number of hydrogen-bond donors (Lipinski definition) is 2. The standard InChI is InChI=1S/C21H24N2O4/c1-13(2)17-9-18-15(12-27-19(18)7-14(17)3)8-20(24)23-11-21(25)22-10-16-5-4-6-26-16/h4-7,9,12-13H,8,10-11H2,1-3H3,(H,22,25)(H,23,24). The van der Waals surface area contributed by atoms with Crippen LogP contribution in [0.4, 0.5) is 0 Å². The minimum absolute atomic E-state index is 0.0777. The summed E-state index contributed by atoms with van der Waals surface area (Å²) in [4.78, 5) is 24.1. The molecule has 3 aromatic rings. The zero-order chi connectivity index (χ0) is 19.4. The first-order valence-corrected chi connectivity index (χ1v) is 9.00. The summed E-state index contributed by atoms with van der Waals surface area (Å²) in [5.41, 5.74) is 4.01. The number of furan rings is 2. The van der Waals surface area contributed by atoms with E-state index in [9.17, 15) is 9.59 Å². The van der Waals surface area contributed by atoms with Gasteiger partial charge in [0.2, 0.25) is 11.8 Å². The van der Waals surface area contributed by atoms with Gasteiger partial charge in [-0.25, -0.2) is 0 Å². The predicted molar refractivity (Wildman–Crippen MR) is 102 cm³/mol. The molecule has 0 unspecified atom stereocenters. The van der Waals surface area contributed by atoms with Crippen molar-refractivity contribution in [1.29, 1.82) is 0 Å². The molecule has 0 bridgehead atoms. The summed E-state index contributed by atoms with van der Waals surface area (Å²) in [6.07, 6.45) is 3.33. The van der Waals surface area contributed by atoms with Crippen molar-refractivity contribution in [3.05, 3.63) is 59.2 Å². The summed E-state index contributed by atoms with van der Waals surface area (Å²) in [7, 11) is 0. The van der Waals surface area contributed by atoms with Crippen LogP contribution in [0.15, 0.2) is 45.6 Å². The van der Waals surface area contributed by atoms with Crippen molar-refractivity contribution >= 4 is 22.8 Å². The van der Waals surface area contributed by atoms with Crippen LogP contribution in [0.3, 0.4) is 0 Å². The van der Waals surface area contributed by atoms with E-state index in [2.05, 4.69) is 37.5 Å². The maximum Gasteiger partial charge on any atom is 0.239 e. The topological polar surface area (TPSA) is 84.5 Å². The number of benzene rings is 1. The molecule has 0 aliphatic carbocycles. The number of nitrogens with one attached hydrogen (secondary N) is 2. The molecule has 0 fully saturated rings. The van der Waals surface area contributed by atoms with Gasteiger partial charge >= 0.3 is 0 Å². The Hall–Kier alpha value is -3.02. The van der Waals surface area contributed by atoms with Crippen molar-refractivity contribution < 1.29 is 18.4 Å². The molecule has 0 saturated carbocycles. The van der Waals surface area contributed by atoms with Gasteiger partial charge in [-0.2, -0.15) is 0 Å². The molecule has 27 heavy (non-hydrogen) atoms. The molecule has 6 nitrogen and oxygen atoms in total. The Bertz CT molecular complexity index is 939. The molecule has 6 heteroatoms. The minimum atomic E-state index is -0.269. The van der Waals surface area contributed by atoms with Crippen LogP contribution in [0.5, 0.6) is 0 Å². The van der Waals surface area contributed by atoms with Gasteiger partial charge in [-0.15, -0.1) is 0 Å². The number of aryl methyl sites for hydroxylation is 1. The Morgan fingerprint density at radius 3 is 2.63 bits per heavy atom.